The van der Waals surface area contributed by atoms with Crippen LogP contribution in [0.3, 0.4) is 0 Å². The molecule has 74 valence electrons. The van der Waals surface area contributed by atoms with E-state index in [0.717, 1.165) is 9.92 Å². The van der Waals surface area contributed by atoms with E-state index in [9.17, 15) is 5.11 Å². The first-order valence-corrected chi connectivity index (χ1v) is 5.58. The van der Waals surface area contributed by atoms with E-state index in [0.29, 0.717) is 12.2 Å². The molecule has 0 saturated heterocycles. The van der Waals surface area contributed by atoms with Crippen molar-refractivity contribution >= 4 is 23.4 Å². The van der Waals surface area contributed by atoms with E-state index in [4.69, 9.17) is 18.0 Å². The summed E-state index contributed by atoms with van der Waals surface area (Å²) in [4.78, 5) is 1.09. The molecule has 1 nitrogen and oxygen atoms in total. The number of rotatable bonds is 4. The third kappa shape index (κ3) is 4.06. The number of terminal acetylenes is 1. The standard InChI is InChI=1S/C11H11ClOS/c1-2-3-10(13)8-14-11-6-4-9(12)5-7-11/h1,4-7,10,13H,3,8H2. The van der Waals surface area contributed by atoms with Gasteiger partial charge in [0.2, 0.25) is 0 Å². The maximum absolute atomic E-state index is 9.38. The highest BCUT2D eigenvalue weighted by Crippen LogP contribution is 2.21. The van der Waals surface area contributed by atoms with Gasteiger partial charge >= 0.3 is 0 Å². The van der Waals surface area contributed by atoms with Crippen LogP contribution in [0.5, 0.6) is 0 Å². The van der Waals surface area contributed by atoms with Gasteiger partial charge < -0.3 is 5.11 Å². The monoisotopic (exact) mass is 226 g/mol. The molecule has 0 amide bonds. The lowest BCUT2D eigenvalue weighted by Crippen LogP contribution is -2.07. The first-order chi connectivity index (χ1) is 6.72. The molecule has 0 bridgehead atoms. The third-order valence-corrected chi connectivity index (χ3v) is 3.02. The molecular formula is C11H11ClOS. The fourth-order valence-corrected chi connectivity index (χ4v) is 1.88. The predicted octanol–water partition coefficient (Wildman–Crippen LogP) is 2.82. The van der Waals surface area contributed by atoms with Gasteiger partial charge in [0.1, 0.15) is 0 Å². The van der Waals surface area contributed by atoms with E-state index in [2.05, 4.69) is 5.92 Å². The molecule has 0 aliphatic heterocycles. The van der Waals surface area contributed by atoms with Crippen molar-refractivity contribution in [1.29, 1.82) is 0 Å². The van der Waals surface area contributed by atoms with Gasteiger partial charge in [-0.3, -0.25) is 0 Å². The number of thioether (sulfide) groups is 1. The Bertz CT molecular complexity index is 315. The van der Waals surface area contributed by atoms with Crippen molar-refractivity contribution in [1.82, 2.24) is 0 Å². The van der Waals surface area contributed by atoms with Crippen molar-refractivity contribution in [2.45, 2.75) is 17.4 Å². The van der Waals surface area contributed by atoms with Gasteiger partial charge in [0.15, 0.2) is 0 Å². The van der Waals surface area contributed by atoms with Crippen LogP contribution in [0.25, 0.3) is 0 Å². The summed E-state index contributed by atoms with van der Waals surface area (Å²) in [7, 11) is 0. The minimum absolute atomic E-state index is 0.403. The van der Waals surface area contributed by atoms with Crippen molar-refractivity contribution in [2.75, 3.05) is 5.75 Å². The van der Waals surface area contributed by atoms with Crippen LogP contribution in [0.15, 0.2) is 29.2 Å². The fourth-order valence-electron chi connectivity index (χ4n) is 0.918. The lowest BCUT2D eigenvalue weighted by Gasteiger charge is -2.06. The molecule has 0 aliphatic carbocycles. The summed E-state index contributed by atoms with van der Waals surface area (Å²) in [5.74, 6) is 3.05. The van der Waals surface area contributed by atoms with Crippen molar-refractivity contribution in [2.24, 2.45) is 0 Å². The largest absolute Gasteiger partial charge is 0.391 e. The van der Waals surface area contributed by atoms with Gasteiger partial charge in [0.25, 0.3) is 0 Å². The van der Waals surface area contributed by atoms with Gasteiger partial charge in [0.05, 0.1) is 6.10 Å². The molecule has 1 atom stereocenters. The minimum Gasteiger partial charge on any atom is -0.391 e. The second-order valence-electron chi connectivity index (χ2n) is 2.83. The minimum atomic E-state index is -0.430. The molecule has 3 heteroatoms. The van der Waals surface area contributed by atoms with Crippen molar-refractivity contribution in [3.05, 3.63) is 29.3 Å². The van der Waals surface area contributed by atoms with Crippen LogP contribution in [-0.4, -0.2) is 17.0 Å². The quantitative estimate of drug-likeness (QED) is 0.630. The summed E-state index contributed by atoms with van der Waals surface area (Å²) in [6.07, 6.45) is 5.05. The van der Waals surface area contributed by atoms with Crippen LogP contribution in [0.2, 0.25) is 5.02 Å². The normalized spacial score (nSPS) is 12.1. The molecule has 1 N–H and O–H groups in total. The van der Waals surface area contributed by atoms with E-state index >= 15 is 0 Å². The third-order valence-electron chi connectivity index (χ3n) is 1.61. The van der Waals surface area contributed by atoms with Gasteiger partial charge in [-0.2, -0.15) is 0 Å². The maximum Gasteiger partial charge on any atom is 0.0743 e. The van der Waals surface area contributed by atoms with E-state index in [1.165, 1.54) is 0 Å². The summed E-state index contributed by atoms with van der Waals surface area (Å²) in [6.45, 7) is 0. The summed E-state index contributed by atoms with van der Waals surface area (Å²) in [5, 5.41) is 10.1. The van der Waals surface area contributed by atoms with Gasteiger partial charge in [0, 0.05) is 22.1 Å². The lowest BCUT2D eigenvalue weighted by atomic mass is 10.3. The van der Waals surface area contributed by atoms with E-state index in [-0.39, 0.29) is 0 Å². The average Bonchev–Trinajstić information content (AvgIpc) is 2.17. The summed E-state index contributed by atoms with van der Waals surface area (Å²) in [5.41, 5.74) is 0. The summed E-state index contributed by atoms with van der Waals surface area (Å²) < 4.78 is 0. The number of hydrogen-bond acceptors (Lipinski definition) is 2. The van der Waals surface area contributed by atoms with Gasteiger partial charge in [-0.1, -0.05) is 11.6 Å². The van der Waals surface area contributed by atoms with Gasteiger partial charge in [-0.25, -0.2) is 0 Å². The molecule has 1 unspecified atom stereocenters. The number of hydrogen-bond donors (Lipinski definition) is 1. The Labute approximate surface area is 93.5 Å². The van der Waals surface area contributed by atoms with Crippen LogP contribution < -0.4 is 0 Å². The van der Waals surface area contributed by atoms with Crippen LogP contribution in [-0.2, 0) is 0 Å². The van der Waals surface area contributed by atoms with Gasteiger partial charge in [-0.05, 0) is 24.3 Å². The average molecular weight is 227 g/mol. The zero-order valence-corrected chi connectivity index (χ0v) is 9.18. The zero-order chi connectivity index (χ0) is 10.4. The number of halogens is 1. The molecule has 0 aliphatic rings. The number of aliphatic hydroxyl groups excluding tert-OH is 1. The van der Waals surface area contributed by atoms with Crippen LogP contribution in [0, 0.1) is 12.3 Å². The SMILES string of the molecule is C#CCC(O)CSc1ccc(Cl)cc1. The Hall–Kier alpha value is -0.620. The molecule has 1 rings (SSSR count). The molecule has 0 saturated carbocycles. The Morgan fingerprint density at radius 2 is 2.07 bits per heavy atom. The van der Waals surface area contributed by atoms with Gasteiger partial charge in [-0.15, -0.1) is 24.1 Å². The Morgan fingerprint density at radius 3 is 2.64 bits per heavy atom. The smallest absolute Gasteiger partial charge is 0.0743 e. The molecule has 0 fully saturated rings. The molecule has 1 aromatic rings. The highest BCUT2D eigenvalue weighted by atomic mass is 35.5. The van der Waals surface area contributed by atoms with E-state index in [1.807, 2.05) is 24.3 Å². The first kappa shape index (κ1) is 11.5. The Morgan fingerprint density at radius 1 is 1.43 bits per heavy atom. The second kappa shape index (κ2) is 5.98. The Kier molecular flexibility index (Phi) is 4.89. The first-order valence-electron chi connectivity index (χ1n) is 4.22. The van der Waals surface area contributed by atoms with Crippen LogP contribution in [0.4, 0.5) is 0 Å². The zero-order valence-electron chi connectivity index (χ0n) is 7.61. The van der Waals surface area contributed by atoms with Crippen LogP contribution in [0.1, 0.15) is 6.42 Å². The van der Waals surface area contributed by atoms with Crippen molar-refractivity contribution in [3.8, 4) is 12.3 Å². The predicted molar refractivity (Wildman–Crippen MR) is 61.6 cm³/mol. The molecule has 0 spiro atoms. The molecule has 1 aromatic carbocycles. The van der Waals surface area contributed by atoms with E-state index < -0.39 is 6.10 Å². The van der Waals surface area contributed by atoms with Crippen LogP contribution >= 0.6 is 23.4 Å². The highest BCUT2D eigenvalue weighted by molar-refractivity contribution is 7.99. The summed E-state index contributed by atoms with van der Waals surface area (Å²) in [6, 6.07) is 7.51. The molecule has 0 aromatic heterocycles. The molecule has 0 radical (unpaired) electrons. The van der Waals surface area contributed by atoms with E-state index in [1.54, 1.807) is 11.8 Å². The highest BCUT2D eigenvalue weighted by Gasteiger charge is 2.02. The lowest BCUT2D eigenvalue weighted by molar-refractivity contribution is 0.205. The molecule has 0 heterocycles. The summed E-state index contributed by atoms with van der Waals surface area (Å²) >= 11 is 7.31. The molecular weight excluding hydrogens is 216 g/mol. The maximum atomic E-state index is 9.38. The number of benzene rings is 1. The topological polar surface area (TPSA) is 20.2 Å². The second-order valence-corrected chi connectivity index (χ2v) is 4.36. The van der Waals surface area contributed by atoms with Crippen molar-refractivity contribution in [3.63, 3.8) is 0 Å². The number of aliphatic hydroxyl groups is 1. The Balaban J connectivity index is 2.39. The van der Waals surface area contributed by atoms with Crippen molar-refractivity contribution < 1.29 is 5.11 Å². The molecule has 14 heavy (non-hydrogen) atoms. The fraction of sp³-hybridized carbons (Fsp3) is 0.273.